The number of H-pyrrole nitrogens is 1. The third kappa shape index (κ3) is 3.85. The highest BCUT2D eigenvalue weighted by Gasteiger charge is 2.21. The van der Waals surface area contributed by atoms with Gasteiger partial charge in [0.05, 0.1) is 11.4 Å². The molecule has 5 heteroatoms. The number of benzene rings is 1. The molecule has 1 N–H and O–H groups in total. The topological polar surface area (TPSA) is 45.8 Å². The molecular formula is C15H17IN2OS. The van der Waals surface area contributed by atoms with E-state index in [2.05, 4.69) is 65.5 Å². The van der Waals surface area contributed by atoms with Crippen LogP contribution in [-0.4, -0.2) is 9.97 Å². The van der Waals surface area contributed by atoms with Crippen LogP contribution < -0.4 is 5.56 Å². The second-order valence-corrected chi connectivity index (χ2v) is 7.65. The Morgan fingerprint density at radius 2 is 1.90 bits per heavy atom. The molecule has 0 fully saturated rings. The lowest BCUT2D eigenvalue weighted by Gasteiger charge is -2.19. The highest BCUT2D eigenvalue weighted by molar-refractivity contribution is 14.1. The van der Waals surface area contributed by atoms with Crippen molar-refractivity contribution in [3.8, 4) is 0 Å². The second kappa shape index (κ2) is 6.30. The van der Waals surface area contributed by atoms with Gasteiger partial charge in [-0.05, 0) is 34.7 Å². The first-order valence-corrected chi connectivity index (χ1v) is 8.41. The van der Waals surface area contributed by atoms with Crippen molar-refractivity contribution in [2.75, 3.05) is 0 Å². The molecule has 0 saturated heterocycles. The molecule has 0 amide bonds. The number of hydrogen-bond acceptors (Lipinski definition) is 3. The lowest BCUT2D eigenvalue weighted by Crippen LogP contribution is -2.25. The van der Waals surface area contributed by atoms with Crippen LogP contribution in [0, 0.1) is 3.57 Å². The predicted molar refractivity (Wildman–Crippen MR) is 92.3 cm³/mol. The van der Waals surface area contributed by atoms with Crippen molar-refractivity contribution in [3.63, 3.8) is 0 Å². The smallest absolute Gasteiger partial charge is 0.264 e. The fraction of sp³-hybridized carbons (Fsp3) is 0.333. The maximum atomic E-state index is 12.0. The van der Waals surface area contributed by atoms with Gasteiger partial charge in [0.25, 0.3) is 5.56 Å². The molecule has 0 aliphatic rings. The van der Waals surface area contributed by atoms with E-state index in [9.17, 15) is 4.79 Å². The molecule has 20 heavy (non-hydrogen) atoms. The van der Waals surface area contributed by atoms with Crippen LogP contribution in [0.3, 0.4) is 0 Å². The van der Waals surface area contributed by atoms with Crippen LogP contribution in [0.1, 0.15) is 32.3 Å². The lowest BCUT2D eigenvalue weighted by molar-refractivity contribution is 0.557. The average molecular weight is 400 g/mol. The van der Waals surface area contributed by atoms with E-state index in [4.69, 9.17) is 0 Å². The van der Waals surface area contributed by atoms with Gasteiger partial charge in [-0.1, -0.05) is 39.0 Å². The fourth-order valence-corrected chi connectivity index (χ4v) is 3.59. The summed E-state index contributed by atoms with van der Waals surface area (Å²) >= 11 is 3.75. The number of nitrogens with zero attached hydrogens (tertiary/aromatic N) is 1. The number of nitrogens with one attached hydrogen (secondary N) is 1. The van der Waals surface area contributed by atoms with Gasteiger partial charge in [0.15, 0.2) is 0 Å². The summed E-state index contributed by atoms with van der Waals surface area (Å²) in [4.78, 5) is 20.7. The number of thioether (sulfide) groups is 1. The normalized spacial score (nSPS) is 11.6. The van der Waals surface area contributed by atoms with Gasteiger partial charge < -0.3 is 4.98 Å². The molecule has 0 radical (unpaired) electrons. The molecule has 0 atom stereocenters. The lowest BCUT2D eigenvalue weighted by atomic mass is 9.92. The molecule has 0 saturated carbocycles. The Morgan fingerprint density at radius 3 is 2.50 bits per heavy atom. The summed E-state index contributed by atoms with van der Waals surface area (Å²) in [6.45, 7) is 6.22. The Labute approximate surface area is 136 Å². The number of aromatic amines is 1. The minimum Gasteiger partial charge on any atom is -0.309 e. The number of aromatic nitrogens is 2. The number of rotatable bonds is 3. The van der Waals surface area contributed by atoms with E-state index in [0.717, 1.165) is 11.5 Å². The van der Waals surface area contributed by atoms with Crippen LogP contribution in [0.25, 0.3) is 0 Å². The van der Waals surface area contributed by atoms with Gasteiger partial charge in [-0.25, -0.2) is 4.98 Å². The van der Waals surface area contributed by atoms with Crippen LogP contribution >= 0.6 is 34.4 Å². The zero-order valence-corrected chi connectivity index (χ0v) is 14.7. The van der Waals surface area contributed by atoms with Gasteiger partial charge in [0, 0.05) is 10.3 Å². The van der Waals surface area contributed by atoms with Crippen LogP contribution in [0.4, 0.5) is 0 Å². The van der Waals surface area contributed by atoms with Gasteiger partial charge >= 0.3 is 0 Å². The van der Waals surface area contributed by atoms with Gasteiger partial charge in [-0.3, -0.25) is 4.79 Å². The van der Waals surface area contributed by atoms with Crippen molar-refractivity contribution in [2.45, 2.75) is 36.8 Å². The molecule has 106 valence electrons. The largest absolute Gasteiger partial charge is 0.309 e. The van der Waals surface area contributed by atoms with Crippen molar-refractivity contribution in [1.29, 1.82) is 0 Å². The average Bonchev–Trinajstić information content (AvgIpc) is 2.40. The maximum absolute atomic E-state index is 12.0. The number of hydrogen-bond donors (Lipinski definition) is 1. The predicted octanol–water partition coefficient (Wildman–Crippen LogP) is 3.96. The molecule has 0 aliphatic carbocycles. The van der Waals surface area contributed by atoms with Crippen LogP contribution in [0.2, 0.25) is 0 Å². The fourth-order valence-electron chi connectivity index (χ4n) is 1.74. The zero-order valence-electron chi connectivity index (χ0n) is 11.7. The summed E-state index contributed by atoms with van der Waals surface area (Å²) in [6.07, 6.45) is 0. The standard InChI is InChI=1S/C15H17IN2OS/c1-15(2,3)13-12(16)14(19)18-11(17-13)9-20-10-7-5-4-6-8-10/h4-8H,9H2,1-3H3,(H,17,18,19). The third-order valence-electron chi connectivity index (χ3n) is 2.74. The van der Waals surface area contributed by atoms with Crippen molar-refractivity contribution in [1.82, 2.24) is 9.97 Å². The molecule has 0 bridgehead atoms. The molecule has 2 rings (SSSR count). The van der Waals surface area contributed by atoms with Crippen LogP contribution in [0.5, 0.6) is 0 Å². The first kappa shape index (κ1) is 15.6. The minimum atomic E-state index is -0.128. The second-order valence-electron chi connectivity index (χ2n) is 5.53. The van der Waals surface area contributed by atoms with Gasteiger partial charge in [0.2, 0.25) is 0 Å². The highest BCUT2D eigenvalue weighted by Crippen LogP contribution is 2.25. The highest BCUT2D eigenvalue weighted by atomic mass is 127. The van der Waals surface area contributed by atoms with Crippen LogP contribution in [0.15, 0.2) is 40.0 Å². The summed E-state index contributed by atoms with van der Waals surface area (Å²) in [5, 5.41) is 0. The molecule has 0 unspecified atom stereocenters. The van der Waals surface area contributed by atoms with Crippen LogP contribution in [-0.2, 0) is 11.2 Å². The maximum Gasteiger partial charge on any atom is 0.264 e. The first-order valence-electron chi connectivity index (χ1n) is 6.35. The van der Waals surface area contributed by atoms with E-state index >= 15 is 0 Å². The Bertz CT molecular complexity index is 647. The molecule has 1 aromatic heterocycles. The van der Waals surface area contributed by atoms with E-state index < -0.39 is 0 Å². The van der Waals surface area contributed by atoms with E-state index in [-0.39, 0.29) is 11.0 Å². The van der Waals surface area contributed by atoms with Crippen molar-refractivity contribution >= 4 is 34.4 Å². The summed E-state index contributed by atoms with van der Waals surface area (Å²) in [6, 6.07) is 10.1. The summed E-state index contributed by atoms with van der Waals surface area (Å²) in [5.41, 5.74) is 0.691. The quantitative estimate of drug-likeness (QED) is 0.627. The molecule has 0 aliphatic heterocycles. The Balaban J connectivity index is 2.25. The van der Waals surface area contributed by atoms with Gasteiger partial charge in [0.1, 0.15) is 9.39 Å². The van der Waals surface area contributed by atoms with Crippen molar-refractivity contribution in [3.05, 3.63) is 55.8 Å². The molecule has 0 spiro atoms. The Hall–Kier alpha value is -0.820. The van der Waals surface area contributed by atoms with E-state index in [1.807, 2.05) is 18.2 Å². The third-order valence-corrected chi connectivity index (χ3v) is 4.77. The molecule has 1 heterocycles. The number of halogens is 1. The van der Waals surface area contributed by atoms with E-state index in [1.54, 1.807) is 11.8 Å². The summed E-state index contributed by atoms with van der Waals surface area (Å²) in [7, 11) is 0. The van der Waals surface area contributed by atoms with Gasteiger partial charge in [-0.2, -0.15) is 0 Å². The van der Waals surface area contributed by atoms with E-state index in [0.29, 0.717) is 9.32 Å². The molecule has 2 aromatic rings. The molecule has 1 aromatic carbocycles. The first-order chi connectivity index (χ1) is 9.38. The van der Waals surface area contributed by atoms with Gasteiger partial charge in [-0.15, -0.1) is 11.8 Å². The van der Waals surface area contributed by atoms with E-state index in [1.165, 1.54) is 4.90 Å². The molecule has 3 nitrogen and oxygen atoms in total. The molecular weight excluding hydrogens is 383 g/mol. The monoisotopic (exact) mass is 400 g/mol. The SMILES string of the molecule is CC(C)(C)c1nc(CSc2ccccc2)[nH]c(=O)c1I. The minimum absolute atomic E-state index is 0.0470. The van der Waals surface area contributed by atoms with Crippen molar-refractivity contribution in [2.24, 2.45) is 0 Å². The Kier molecular flexibility index (Phi) is 4.90. The summed E-state index contributed by atoms with van der Waals surface area (Å²) in [5.74, 6) is 1.40. The van der Waals surface area contributed by atoms with Crippen molar-refractivity contribution < 1.29 is 0 Å². The Morgan fingerprint density at radius 1 is 1.25 bits per heavy atom. The zero-order chi connectivity index (χ0) is 14.8. The summed E-state index contributed by atoms with van der Waals surface area (Å²) < 4.78 is 0.684.